The van der Waals surface area contributed by atoms with Crippen molar-refractivity contribution in [3.8, 4) is 0 Å². The molecule has 0 aliphatic carbocycles. The van der Waals surface area contributed by atoms with Gasteiger partial charge in [0.1, 0.15) is 0 Å². The zero-order valence-electron chi connectivity index (χ0n) is 23.9. The fraction of sp³-hybridized carbons (Fsp3) is 0.324. The molecule has 1 fully saturated rings. The topological polar surface area (TPSA) is 60.9 Å². The van der Waals surface area contributed by atoms with Crippen LogP contribution in [-0.4, -0.2) is 67.2 Å². The van der Waals surface area contributed by atoms with Crippen molar-refractivity contribution in [2.45, 2.75) is 43.7 Å². The molecule has 0 N–H and O–H groups in total. The van der Waals surface area contributed by atoms with Crippen molar-refractivity contribution < 1.29 is 13.2 Å². The van der Waals surface area contributed by atoms with E-state index in [-0.39, 0.29) is 31.0 Å². The molecule has 0 bridgehead atoms. The zero-order valence-corrected chi connectivity index (χ0v) is 24.7. The lowest BCUT2D eigenvalue weighted by Crippen LogP contribution is -2.50. The summed E-state index contributed by atoms with van der Waals surface area (Å²) in [7, 11) is -3.79. The van der Waals surface area contributed by atoms with Gasteiger partial charge in [0.25, 0.3) is 0 Å². The van der Waals surface area contributed by atoms with Crippen LogP contribution < -0.4 is 0 Å². The van der Waals surface area contributed by atoms with Gasteiger partial charge in [0, 0.05) is 50.6 Å². The Bertz CT molecular complexity index is 1510. The monoisotopic (exact) mass is 569 g/mol. The average Bonchev–Trinajstić information content (AvgIpc) is 3.02. The van der Waals surface area contributed by atoms with Gasteiger partial charge in [-0.2, -0.15) is 4.31 Å². The molecule has 1 amide bonds. The summed E-state index contributed by atoms with van der Waals surface area (Å²) in [5, 5.41) is 1.59. The molecule has 5 rings (SSSR count). The number of fused-ring (bicyclic) bond motifs is 1. The van der Waals surface area contributed by atoms with Gasteiger partial charge in [-0.1, -0.05) is 104 Å². The van der Waals surface area contributed by atoms with Crippen LogP contribution in [0.4, 0.5) is 0 Å². The number of nitrogens with zero attached hydrogens (tertiary/aromatic N) is 3. The van der Waals surface area contributed by atoms with Crippen molar-refractivity contribution in [2.24, 2.45) is 0 Å². The summed E-state index contributed by atoms with van der Waals surface area (Å²) in [5.74, 6) is 0.00189. The van der Waals surface area contributed by atoms with Gasteiger partial charge < -0.3 is 4.90 Å². The molecule has 1 saturated heterocycles. The molecule has 1 aliphatic rings. The lowest BCUT2D eigenvalue weighted by atomic mass is 9.96. The molecule has 1 aliphatic heterocycles. The number of rotatable bonds is 10. The normalized spacial score (nSPS) is 15.5. The molecule has 0 aromatic heterocycles. The molecule has 4 aromatic carbocycles. The molecule has 1 heterocycles. The Hall–Kier alpha value is -3.52. The highest BCUT2D eigenvalue weighted by Crippen LogP contribution is 2.30. The molecule has 1 atom stereocenters. The number of benzene rings is 4. The lowest BCUT2D eigenvalue weighted by molar-refractivity contribution is -0.133. The maximum absolute atomic E-state index is 13.9. The molecule has 0 saturated carbocycles. The number of carbonyl (C=O) groups is 1. The first-order valence-corrected chi connectivity index (χ1v) is 16.0. The summed E-state index contributed by atoms with van der Waals surface area (Å²) in [5.41, 5.74) is 2.47. The molecule has 6 nitrogen and oxygen atoms in total. The summed E-state index contributed by atoms with van der Waals surface area (Å²) >= 11 is 0. The standard InChI is InChI=1S/C34H39N3O3S/c1-3-27(2)37(41(39,40)32-20-12-18-28-13-10-11-19-31(28)32)22-21-33(38)35-23-25-36(26-24-35)34(29-14-6-4-7-15-29)30-16-8-5-9-17-30/h4-20,27,34H,3,21-26H2,1-2H3. The van der Waals surface area contributed by atoms with Crippen molar-refractivity contribution in [2.75, 3.05) is 32.7 Å². The number of amides is 1. The third-order valence-corrected chi connectivity index (χ3v) is 10.3. The number of sulfonamides is 1. The van der Waals surface area contributed by atoms with Gasteiger partial charge >= 0.3 is 0 Å². The number of hydrogen-bond donors (Lipinski definition) is 0. The highest BCUT2D eigenvalue weighted by molar-refractivity contribution is 7.89. The van der Waals surface area contributed by atoms with Crippen LogP contribution in [0, 0.1) is 0 Å². The van der Waals surface area contributed by atoms with Gasteiger partial charge in [0.2, 0.25) is 15.9 Å². The smallest absolute Gasteiger partial charge is 0.243 e. The molecule has 1 unspecified atom stereocenters. The van der Waals surface area contributed by atoms with E-state index in [4.69, 9.17) is 0 Å². The van der Waals surface area contributed by atoms with E-state index in [1.807, 2.05) is 61.2 Å². The Balaban J connectivity index is 1.27. The number of hydrogen-bond acceptors (Lipinski definition) is 4. The Morgan fingerprint density at radius 1 is 0.780 bits per heavy atom. The summed E-state index contributed by atoms with van der Waals surface area (Å²) in [6.45, 7) is 6.80. The van der Waals surface area contributed by atoms with Crippen LogP contribution in [0.2, 0.25) is 0 Å². The molecule has 0 radical (unpaired) electrons. The van der Waals surface area contributed by atoms with Crippen LogP contribution in [-0.2, 0) is 14.8 Å². The third-order valence-electron chi connectivity index (χ3n) is 8.23. The molecule has 214 valence electrons. The Labute approximate surface area is 244 Å². The largest absolute Gasteiger partial charge is 0.340 e. The molecule has 0 spiro atoms. The summed E-state index contributed by atoms with van der Waals surface area (Å²) in [6.07, 6.45) is 0.826. The fourth-order valence-corrected chi connectivity index (χ4v) is 7.73. The number of carbonyl (C=O) groups excluding carboxylic acids is 1. The maximum Gasteiger partial charge on any atom is 0.243 e. The predicted molar refractivity (Wildman–Crippen MR) is 165 cm³/mol. The van der Waals surface area contributed by atoms with Crippen LogP contribution >= 0.6 is 0 Å². The van der Waals surface area contributed by atoms with E-state index in [9.17, 15) is 13.2 Å². The third kappa shape index (κ3) is 6.38. The van der Waals surface area contributed by atoms with E-state index < -0.39 is 10.0 Å². The van der Waals surface area contributed by atoms with Gasteiger partial charge in [-0.15, -0.1) is 0 Å². The minimum atomic E-state index is -3.79. The van der Waals surface area contributed by atoms with E-state index >= 15 is 0 Å². The van der Waals surface area contributed by atoms with Crippen molar-refractivity contribution in [1.82, 2.24) is 14.1 Å². The second kappa shape index (κ2) is 13.0. The van der Waals surface area contributed by atoms with Gasteiger partial charge in [-0.25, -0.2) is 8.42 Å². The van der Waals surface area contributed by atoms with Crippen LogP contribution in [0.3, 0.4) is 0 Å². The molecular formula is C34H39N3O3S. The summed E-state index contributed by atoms with van der Waals surface area (Å²) in [6, 6.07) is 33.8. The fourth-order valence-electron chi connectivity index (χ4n) is 5.81. The summed E-state index contributed by atoms with van der Waals surface area (Å²) in [4.78, 5) is 18.0. The van der Waals surface area contributed by atoms with Crippen molar-refractivity contribution in [1.29, 1.82) is 0 Å². The van der Waals surface area contributed by atoms with Gasteiger partial charge in [-0.05, 0) is 35.9 Å². The molecule has 4 aromatic rings. The highest BCUT2D eigenvalue weighted by atomic mass is 32.2. The van der Waals surface area contributed by atoms with Gasteiger partial charge in [0.15, 0.2) is 0 Å². The van der Waals surface area contributed by atoms with Crippen molar-refractivity contribution in [3.05, 3.63) is 114 Å². The maximum atomic E-state index is 13.9. The lowest BCUT2D eigenvalue weighted by Gasteiger charge is -2.40. The predicted octanol–water partition coefficient (Wildman–Crippen LogP) is 5.95. The highest BCUT2D eigenvalue weighted by Gasteiger charge is 2.32. The quantitative estimate of drug-likeness (QED) is 0.237. The molecule has 41 heavy (non-hydrogen) atoms. The average molecular weight is 570 g/mol. The number of piperazine rings is 1. The van der Waals surface area contributed by atoms with E-state index in [0.29, 0.717) is 29.8 Å². The van der Waals surface area contributed by atoms with Crippen LogP contribution in [0.1, 0.15) is 43.9 Å². The van der Waals surface area contributed by atoms with Gasteiger partial charge in [-0.3, -0.25) is 9.69 Å². The minimum absolute atomic E-state index is 0.00189. The first-order chi connectivity index (χ1) is 19.9. The van der Waals surface area contributed by atoms with Crippen LogP contribution in [0.25, 0.3) is 10.8 Å². The summed E-state index contributed by atoms with van der Waals surface area (Å²) < 4.78 is 29.4. The van der Waals surface area contributed by atoms with Gasteiger partial charge in [0.05, 0.1) is 10.9 Å². The van der Waals surface area contributed by atoms with E-state index in [2.05, 4.69) is 53.4 Å². The zero-order chi connectivity index (χ0) is 28.8. The van der Waals surface area contributed by atoms with E-state index in [0.717, 1.165) is 18.5 Å². The minimum Gasteiger partial charge on any atom is -0.340 e. The first kappa shape index (κ1) is 29.0. The Kier molecular flexibility index (Phi) is 9.18. The molecule has 7 heteroatoms. The Morgan fingerprint density at radius 2 is 1.34 bits per heavy atom. The van der Waals surface area contributed by atoms with E-state index in [1.165, 1.54) is 15.4 Å². The SMILES string of the molecule is CCC(C)N(CCC(=O)N1CCN(C(c2ccccc2)c2ccccc2)CC1)S(=O)(=O)c1cccc2ccccc12. The van der Waals surface area contributed by atoms with Crippen LogP contribution in [0.5, 0.6) is 0 Å². The Morgan fingerprint density at radius 3 is 1.95 bits per heavy atom. The first-order valence-electron chi connectivity index (χ1n) is 14.5. The van der Waals surface area contributed by atoms with E-state index in [1.54, 1.807) is 12.1 Å². The van der Waals surface area contributed by atoms with Crippen molar-refractivity contribution in [3.63, 3.8) is 0 Å². The second-order valence-electron chi connectivity index (χ2n) is 10.7. The van der Waals surface area contributed by atoms with Crippen molar-refractivity contribution >= 4 is 26.7 Å². The molecular weight excluding hydrogens is 530 g/mol. The van der Waals surface area contributed by atoms with Crippen LogP contribution in [0.15, 0.2) is 108 Å². The second-order valence-corrected chi connectivity index (χ2v) is 12.6.